The van der Waals surface area contributed by atoms with Gasteiger partial charge in [0.05, 0.1) is 6.61 Å². The van der Waals surface area contributed by atoms with Crippen LogP contribution in [0.25, 0.3) is 0 Å². The van der Waals surface area contributed by atoms with Gasteiger partial charge in [0, 0.05) is 25.2 Å². The fraction of sp³-hybridized carbons (Fsp3) is 0.789. The topological polar surface area (TPSA) is 52.6 Å². The number of ether oxygens (including phenoxy) is 2. The molecule has 0 aromatic rings. The monoisotopic (exact) mass is 322 g/mol. The summed E-state index contributed by atoms with van der Waals surface area (Å²) in [4.78, 5) is 22.7. The Bertz CT molecular complexity index is 507. The minimum absolute atomic E-state index is 0.0327. The summed E-state index contributed by atoms with van der Waals surface area (Å²) in [6.07, 6.45) is 3.77. The number of fused-ring (bicyclic) bond motifs is 1. The van der Waals surface area contributed by atoms with Crippen molar-refractivity contribution < 1.29 is 19.1 Å². The van der Waals surface area contributed by atoms with Crippen molar-refractivity contribution >= 4 is 11.9 Å². The molecule has 0 heterocycles. The molecule has 2 rings (SSSR count). The van der Waals surface area contributed by atoms with Crippen molar-refractivity contribution in [1.82, 2.24) is 0 Å². The molecule has 0 aromatic heterocycles. The Hall–Kier alpha value is -1.32. The van der Waals surface area contributed by atoms with Crippen molar-refractivity contribution in [3.8, 4) is 0 Å². The number of carbonyl (C=O) groups excluding carboxylic acids is 2. The van der Waals surface area contributed by atoms with E-state index in [4.69, 9.17) is 9.47 Å². The van der Waals surface area contributed by atoms with E-state index in [0.29, 0.717) is 12.5 Å². The molecule has 0 amide bonds. The van der Waals surface area contributed by atoms with E-state index in [1.54, 1.807) is 0 Å². The second-order valence-electron chi connectivity index (χ2n) is 8.07. The zero-order valence-corrected chi connectivity index (χ0v) is 15.1. The summed E-state index contributed by atoms with van der Waals surface area (Å²) in [6, 6.07) is 0. The van der Waals surface area contributed by atoms with Crippen molar-refractivity contribution in [3.05, 3.63) is 12.2 Å². The van der Waals surface area contributed by atoms with Crippen LogP contribution < -0.4 is 0 Å². The first-order chi connectivity index (χ1) is 10.6. The Labute approximate surface area is 139 Å². The van der Waals surface area contributed by atoms with Gasteiger partial charge in [0.2, 0.25) is 0 Å². The van der Waals surface area contributed by atoms with E-state index < -0.39 is 0 Å². The highest BCUT2D eigenvalue weighted by atomic mass is 16.5. The molecule has 0 aliphatic heterocycles. The molecular weight excluding hydrogens is 292 g/mol. The second-order valence-corrected chi connectivity index (χ2v) is 8.07. The van der Waals surface area contributed by atoms with Gasteiger partial charge in [0.1, 0.15) is 6.10 Å². The summed E-state index contributed by atoms with van der Waals surface area (Å²) >= 11 is 0. The van der Waals surface area contributed by atoms with Gasteiger partial charge in [-0.1, -0.05) is 32.9 Å². The highest BCUT2D eigenvalue weighted by Gasteiger charge is 2.57. The molecule has 23 heavy (non-hydrogen) atoms. The van der Waals surface area contributed by atoms with Crippen LogP contribution in [0.1, 0.15) is 60.3 Å². The van der Waals surface area contributed by atoms with Crippen LogP contribution in [-0.2, 0) is 19.1 Å². The van der Waals surface area contributed by atoms with Gasteiger partial charge in [-0.25, -0.2) is 0 Å². The van der Waals surface area contributed by atoms with E-state index in [2.05, 4.69) is 27.4 Å². The van der Waals surface area contributed by atoms with Gasteiger partial charge >= 0.3 is 11.9 Å². The summed E-state index contributed by atoms with van der Waals surface area (Å²) in [5.41, 5.74) is 1.13. The van der Waals surface area contributed by atoms with Crippen molar-refractivity contribution in [1.29, 1.82) is 0 Å². The quantitative estimate of drug-likeness (QED) is 0.584. The number of hydrogen-bond acceptors (Lipinski definition) is 4. The third-order valence-electron chi connectivity index (χ3n) is 6.27. The molecule has 130 valence electrons. The van der Waals surface area contributed by atoms with Gasteiger partial charge in [-0.05, 0) is 37.0 Å². The molecule has 2 aliphatic carbocycles. The highest BCUT2D eigenvalue weighted by molar-refractivity contribution is 5.66. The third kappa shape index (κ3) is 3.31. The van der Waals surface area contributed by atoms with Crippen LogP contribution >= 0.6 is 0 Å². The number of esters is 2. The lowest BCUT2D eigenvalue weighted by Crippen LogP contribution is -2.56. The maximum atomic E-state index is 11.4. The van der Waals surface area contributed by atoms with E-state index in [1.807, 2.05) is 0 Å². The predicted molar refractivity (Wildman–Crippen MR) is 88.7 cm³/mol. The third-order valence-corrected chi connectivity index (χ3v) is 6.27. The Balaban J connectivity index is 2.27. The summed E-state index contributed by atoms with van der Waals surface area (Å²) in [5, 5.41) is 0. The molecule has 0 N–H and O–H groups in total. The Morgan fingerprint density at radius 2 is 1.83 bits per heavy atom. The normalized spacial score (nSPS) is 36.0. The van der Waals surface area contributed by atoms with Crippen LogP contribution in [0, 0.1) is 22.7 Å². The van der Waals surface area contributed by atoms with E-state index in [-0.39, 0.29) is 34.8 Å². The minimum Gasteiger partial charge on any atom is -0.465 e. The number of hydrogen-bond donors (Lipinski definition) is 0. The number of carbonyl (C=O) groups is 2. The van der Waals surface area contributed by atoms with Crippen molar-refractivity contribution in [3.63, 3.8) is 0 Å². The maximum Gasteiger partial charge on any atom is 0.302 e. The summed E-state index contributed by atoms with van der Waals surface area (Å²) in [5.74, 6) is 0.154. The first-order valence-electron chi connectivity index (χ1n) is 8.57. The molecule has 4 unspecified atom stereocenters. The fourth-order valence-electron chi connectivity index (χ4n) is 5.07. The Kier molecular flexibility index (Phi) is 4.93. The molecule has 2 fully saturated rings. The van der Waals surface area contributed by atoms with Crippen LogP contribution in [-0.4, -0.2) is 24.6 Å². The van der Waals surface area contributed by atoms with Crippen LogP contribution in [0.2, 0.25) is 0 Å². The largest absolute Gasteiger partial charge is 0.465 e. The van der Waals surface area contributed by atoms with Crippen LogP contribution in [0.3, 0.4) is 0 Å². The zero-order valence-electron chi connectivity index (χ0n) is 15.1. The van der Waals surface area contributed by atoms with Crippen LogP contribution in [0.4, 0.5) is 0 Å². The van der Waals surface area contributed by atoms with Crippen molar-refractivity contribution in [2.45, 2.75) is 66.4 Å². The average Bonchev–Trinajstić information content (AvgIpc) is 2.40. The standard InChI is InChI=1S/C19H30O4/c1-12-7-8-16-18(4,5)17(23-14(3)21)9-10-19(16,6)15(12)11-22-13(2)20/h15-17H,1,7-11H2,2-6H3. The molecule has 4 atom stereocenters. The lowest BCUT2D eigenvalue weighted by Gasteiger charge is -2.59. The average molecular weight is 322 g/mol. The summed E-state index contributed by atoms with van der Waals surface area (Å²) in [7, 11) is 0. The first-order valence-corrected chi connectivity index (χ1v) is 8.57. The first kappa shape index (κ1) is 18.0. The van der Waals surface area contributed by atoms with E-state index in [0.717, 1.165) is 25.7 Å². The highest BCUT2D eigenvalue weighted by Crippen LogP contribution is 2.61. The van der Waals surface area contributed by atoms with Crippen LogP contribution in [0.5, 0.6) is 0 Å². The summed E-state index contributed by atoms with van der Waals surface area (Å²) < 4.78 is 11.0. The number of rotatable bonds is 3. The molecule has 4 nitrogen and oxygen atoms in total. The smallest absolute Gasteiger partial charge is 0.302 e. The SMILES string of the molecule is C=C1CCC2C(C)(C)C(OC(C)=O)CCC2(C)C1COC(C)=O. The predicted octanol–water partition coefficient (Wildman–Crippen LogP) is 3.89. The van der Waals surface area contributed by atoms with Crippen LogP contribution in [0.15, 0.2) is 12.2 Å². The van der Waals surface area contributed by atoms with Gasteiger partial charge in [0.15, 0.2) is 0 Å². The molecule has 2 saturated carbocycles. The van der Waals surface area contributed by atoms with Gasteiger partial charge in [-0.3, -0.25) is 9.59 Å². The lowest BCUT2D eigenvalue weighted by molar-refractivity contribution is -0.177. The molecule has 0 radical (unpaired) electrons. The zero-order chi connectivity index (χ0) is 17.4. The lowest BCUT2D eigenvalue weighted by atomic mass is 9.47. The van der Waals surface area contributed by atoms with Gasteiger partial charge in [-0.15, -0.1) is 0 Å². The Morgan fingerprint density at radius 1 is 1.17 bits per heavy atom. The minimum atomic E-state index is -0.239. The molecule has 0 spiro atoms. The molecule has 4 heteroatoms. The fourth-order valence-corrected chi connectivity index (χ4v) is 5.07. The van der Waals surface area contributed by atoms with Gasteiger partial charge < -0.3 is 9.47 Å². The molecular formula is C19H30O4. The molecule has 0 bridgehead atoms. The second kappa shape index (κ2) is 6.29. The van der Waals surface area contributed by atoms with E-state index in [1.165, 1.54) is 19.4 Å². The molecule has 0 aromatic carbocycles. The summed E-state index contributed by atoms with van der Waals surface area (Å²) in [6.45, 7) is 14.3. The van der Waals surface area contributed by atoms with Gasteiger partial charge in [-0.2, -0.15) is 0 Å². The molecule has 0 saturated heterocycles. The van der Waals surface area contributed by atoms with Crippen molar-refractivity contribution in [2.75, 3.05) is 6.61 Å². The van der Waals surface area contributed by atoms with Gasteiger partial charge in [0.25, 0.3) is 0 Å². The van der Waals surface area contributed by atoms with E-state index in [9.17, 15) is 9.59 Å². The maximum absolute atomic E-state index is 11.4. The van der Waals surface area contributed by atoms with Crippen molar-refractivity contribution in [2.24, 2.45) is 22.7 Å². The van der Waals surface area contributed by atoms with E-state index >= 15 is 0 Å². The molecule has 2 aliphatic rings. The Morgan fingerprint density at radius 3 is 2.39 bits per heavy atom.